The number of phenols is 1. The molecular weight excluding hydrogens is 348 g/mol. The van der Waals surface area contributed by atoms with E-state index in [0.29, 0.717) is 44.0 Å². The predicted molar refractivity (Wildman–Crippen MR) is 99.7 cm³/mol. The van der Waals surface area contributed by atoms with E-state index in [1.54, 1.807) is 25.1 Å². The van der Waals surface area contributed by atoms with Crippen molar-refractivity contribution in [3.05, 3.63) is 29.3 Å². The zero-order valence-corrected chi connectivity index (χ0v) is 16.1. The Labute approximate surface area is 159 Å². The van der Waals surface area contributed by atoms with Crippen molar-refractivity contribution in [2.24, 2.45) is 0 Å². The summed E-state index contributed by atoms with van der Waals surface area (Å²) in [5.74, 6) is 0.0791. The number of carbonyl (C=O) groups excluding carboxylic acids is 2. The number of hydrogen-bond acceptors (Lipinski definition) is 5. The zero-order chi connectivity index (χ0) is 19.4. The number of phenolic OH excluding ortho intramolecular Hbond substituents is 1. The van der Waals surface area contributed by atoms with Gasteiger partial charge in [0, 0.05) is 51.1 Å². The maximum absolute atomic E-state index is 13.0. The minimum absolute atomic E-state index is 0.0332. The van der Waals surface area contributed by atoms with E-state index in [1.807, 2.05) is 9.80 Å². The quantitative estimate of drug-likeness (QED) is 0.866. The van der Waals surface area contributed by atoms with E-state index in [1.165, 1.54) is 7.11 Å². The fourth-order valence-electron chi connectivity index (χ4n) is 4.08. The predicted octanol–water partition coefficient (Wildman–Crippen LogP) is 1.57. The second kappa shape index (κ2) is 8.27. The third-order valence-corrected chi connectivity index (χ3v) is 5.74. The van der Waals surface area contributed by atoms with Crippen LogP contribution in [0, 0.1) is 6.92 Å². The van der Waals surface area contributed by atoms with Crippen LogP contribution in [0.5, 0.6) is 5.75 Å². The van der Waals surface area contributed by atoms with E-state index < -0.39 is 0 Å². The van der Waals surface area contributed by atoms with Crippen molar-refractivity contribution in [2.45, 2.75) is 31.7 Å². The average Bonchev–Trinajstić information content (AvgIpc) is 2.84. The molecule has 1 N–H and O–H groups in total. The molecule has 0 saturated carbocycles. The van der Waals surface area contributed by atoms with Gasteiger partial charge in [0.1, 0.15) is 12.4 Å². The maximum atomic E-state index is 13.0. The monoisotopic (exact) mass is 376 g/mol. The van der Waals surface area contributed by atoms with Crippen molar-refractivity contribution in [3.8, 4) is 5.75 Å². The highest BCUT2D eigenvalue weighted by molar-refractivity contribution is 5.94. The highest BCUT2D eigenvalue weighted by Gasteiger charge is 2.43. The molecule has 27 heavy (non-hydrogen) atoms. The van der Waals surface area contributed by atoms with E-state index in [9.17, 15) is 14.7 Å². The topological polar surface area (TPSA) is 79.3 Å². The Kier molecular flexibility index (Phi) is 6.01. The molecule has 0 aliphatic carbocycles. The normalized spacial score (nSPS) is 19.8. The van der Waals surface area contributed by atoms with Gasteiger partial charge in [0.15, 0.2) is 0 Å². The smallest absolute Gasteiger partial charge is 0.253 e. The Balaban J connectivity index is 1.80. The molecule has 1 aromatic carbocycles. The van der Waals surface area contributed by atoms with Gasteiger partial charge in [-0.25, -0.2) is 0 Å². The Morgan fingerprint density at radius 2 is 1.93 bits per heavy atom. The minimum atomic E-state index is -0.270. The van der Waals surface area contributed by atoms with E-state index in [-0.39, 0.29) is 29.7 Å². The molecule has 0 aromatic heterocycles. The van der Waals surface area contributed by atoms with Gasteiger partial charge >= 0.3 is 0 Å². The van der Waals surface area contributed by atoms with Crippen LogP contribution in [0.1, 0.15) is 35.2 Å². The summed E-state index contributed by atoms with van der Waals surface area (Å²) < 4.78 is 10.6. The molecule has 2 amide bonds. The SMILES string of the molecule is COCC(=O)N1CCN(C(=O)c2ccc(O)c(C)c2)CCC12CCOCC2. The second-order valence-corrected chi connectivity index (χ2v) is 7.36. The van der Waals surface area contributed by atoms with Gasteiger partial charge in [-0.15, -0.1) is 0 Å². The molecule has 0 unspecified atom stereocenters. The third kappa shape index (κ3) is 4.09. The fraction of sp³-hybridized carbons (Fsp3) is 0.600. The number of aromatic hydroxyl groups is 1. The first-order valence-corrected chi connectivity index (χ1v) is 9.43. The molecule has 2 heterocycles. The lowest BCUT2D eigenvalue weighted by atomic mass is 9.84. The number of nitrogens with zero attached hydrogens (tertiary/aromatic N) is 2. The Hall–Kier alpha value is -2.12. The molecule has 1 spiro atoms. The lowest BCUT2D eigenvalue weighted by molar-refractivity contribution is -0.145. The van der Waals surface area contributed by atoms with Gasteiger partial charge in [0.25, 0.3) is 5.91 Å². The average molecular weight is 376 g/mol. The minimum Gasteiger partial charge on any atom is -0.508 e. The van der Waals surface area contributed by atoms with Crippen LogP contribution in [0.3, 0.4) is 0 Å². The fourth-order valence-corrected chi connectivity index (χ4v) is 4.08. The summed E-state index contributed by atoms with van der Waals surface area (Å²) in [7, 11) is 1.52. The zero-order valence-electron chi connectivity index (χ0n) is 16.1. The summed E-state index contributed by atoms with van der Waals surface area (Å²) >= 11 is 0. The summed E-state index contributed by atoms with van der Waals surface area (Å²) in [5, 5.41) is 9.70. The molecule has 2 fully saturated rings. The second-order valence-electron chi connectivity index (χ2n) is 7.36. The van der Waals surface area contributed by atoms with Crippen LogP contribution in [0.15, 0.2) is 18.2 Å². The van der Waals surface area contributed by atoms with Gasteiger partial charge in [0.2, 0.25) is 5.91 Å². The molecule has 2 aliphatic rings. The molecule has 0 radical (unpaired) electrons. The Morgan fingerprint density at radius 1 is 1.19 bits per heavy atom. The number of hydrogen-bond donors (Lipinski definition) is 1. The van der Waals surface area contributed by atoms with Crippen molar-refractivity contribution in [1.29, 1.82) is 0 Å². The Morgan fingerprint density at radius 3 is 2.59 bits per heavy atom. The molecule has 0 bridgehead atoms. The van der Waals surface area contributed by atoms with Crippen LogP contribution < -0.4 is 0 Å². The molecule has 148 valence electrons. The van der Waals surface area contributed by atoms with Crippen LogP contribution in [0.2, 0.25) is 0 Å². The molecule has 2 saturated heterocycles. The number of benzene rings is 1. The number of amides is 2. The highest BCUT2D eigenvalue weighted by atomic mass is 16.5. The first kappa shape index (κ1) is 19.6. The molecular formula is C20H28N2O5. The molecule has 7 nitrogen and oxygen atoms in total. The van der Waals surface area contributed by atoms with Crippen LogP contribution in [-0.2, 0) is 14.3 Å². The first-order chi connectivity index (χ1) is 13.0. The maximum Gasteiger partial charge on any atom is 0.253 e. The van der Waals surface area contributed by atoms with Crippen LogP contribution in [0.4, 0.5) is 0 Å². The molecule has 3 rings (SSSR count). The number of aryl methyl sites for hydroxylation is 1. The highest BCUT2D eigenvalue weighted by Crippen LogP contribution is 2.34. The van der Waals surface area contributed by atoms with Gasteiger partial charge < -0.3 is 24.4 Å². The van der Waals surface area contributed by atoms with Crippen molar-refractivity contribution in [1.82, 2.24) is 9.80 Å². The van der Waals surface area contributed by atoms with Crippen molar-refractivity contribution in [2.75, 3.05) is 46.6 Å². The third-order valence-electron chi connectivity index (χ3n) is 5.74. The van der Waals surface area contributed by atoms with Crippen LogP contribution >= 0.6 is 0 Å². The van der Waals surface area contributed by atoms with Gasteiger partial charge in [-0.05, 0) is 49.9 Å². The lowest BCUT2D eigenvalue weighted by Crippen LogP contribution is -2.55. The number of rotatable bonds is 3. The summed E-state index contributed by atoms with van der Waals surface area (Å²) in [5.41, 5.74) is 0.963. The number of ether oxygens (including phenoxy) is 2. The molecule has 2 aliphatic heterocycles. The largest absolute Gasteiger partial charge is 0.508 e. The molecule has 7 heteroatoms. The van der Waals surface area contributed by atoms with Crippen LogP contribution in [-0.4, -0.2) is 78.8 Å². The van der Waals surface area contributed by atoms with Crippen molar-refractivity contribution >= 4 is 11.8 Å². The summed E-state index contributed by atoms with van der Waals surface area (Å²) in [6.07, 6.45) is 2.29. The molecule has 0 atom stereocenters. The van der Waals surface area contributed by atoms with E-state index >= 15 is 0 Å². The standard InChI is InChI=1S/C20H28N2O5/c1-15-13-16(3-4-17(15)23)19(25)21-8-5-20(6-11-27-12-7-20)22(10-9-21)18(24)14-26-2/h3-4,13,23H,5-12,14H2,1-2H3. The van der Waals surface area contributed by atoms with Gasteiger partial charge in [-0.1, -0.05) is 0 Å². The van der Waals surface area contributed by atoms with Gasteiger partial charge in [-0.3, -0.25) is 9.59 Å². The van der Waals surface area contributed by atoms with E-state index in [2.05, 4.69) is 0 Å². The first-order valence-electron chi connectivity index (χ1n) is 9.43. The summed E-state index contributed by atoms with van der Waals surface area (Å²) in [6, 6.07) is 4.91. The Bertz CT molecular complexity index is 700. The number of carbonyl (C=O) groups is 2. The van der Waals surface area contributed by atoms with Crippen molar-refractivity contribution < 1.29 is 24.2 Å². The summed E-state index contributed by atoms with van der Waals surface area (Å²) in [6.45, 7) is 4.64. The van der Waals surface area contributed by atoms with Gasteiger partial charge in [0.05, 0.1) is 0 Å². The number of methoxy groups -OCH3 is 1. The van der Waals surface area contributed by atoms with E-state index in [0.717, 1.165) is 19.3 Å². The van der Waals surface area contributed by atoms with E-state index in [4.69, 9.17) is 9.47 Å². The summed E-state index contributed by atoms with van der Waals surface area (Å²) in [4.78, 5) is 29.4. The lowest BCUT2D eigenvalue weighted by Gasteiger charge is -2.45. The van der Waals surface area contributed by atoms with Gasteiger partial charge in [-0.2, -0.15) is 0 Å². The molecule has 1 aromatic rings. The van der Waals surface area contributed by atoms with Crippen molar-refractivity contribution in [3.63, 3.8) is 0 Å². The van der Waals surface area contributed by atoms with Crippen LogP contribution in [0.25, 0.3) is 0 Å².